The molecule has 2 heteroatoms. The first-order chi connectivity index (χ1) is 6.63. The second kappa shape index (κ2) is 5.30. The van der Waals surface area contributed by atoms with Crippen molar-refractivity contribution in [3.05, 3.63) is 23.8 Å². The molecule has 0 N–H and O–H groups in total. The van der Waals surface area contributed by atoms with Gasteiger partial charge in [0.25, 0.3) is 0 Å². The normalized spacial score (nSPS) is 10.6. The zero-order valence-electron chi connectivity index (χ0n) is 9.33. The van der Waals surface area contributed by atoms with Gasteiger partial charge in [0.05, 0.1) is 6.61 Å². The summed E-state index contributed by atoms with van der Waals surface area (Å²) in [5.74, 6) is 1.56. The summed E-state index contributed by atoms with van der Waals surface area (Å²) < 4.78 is 5.64. The quantitative estimate of drug-likeness (QED) is 0.700. The predicted octanol–water partition coefficient (Wildman–Crippen LogP) is 3.75. The SMILES string of the molecule is CSc1ccc(OCC(C)C)cc1C. The van der Waals surface area contributed by atoms with E-state index in [0.717, 1.165) is 12.4 Å². The van der Waals surface area contributed by atoms with Crippen molar-refractivity contribution in [2.45, 2.75) is 25.7 Å². The van der Waals surface area contributed by atoms with Crippen LogP contribution in [0.4, 0.5) is 0 Å². The first-order valence-corrected chi connectivity index (χ1v) is 6.13. The van der Waals surface area contributed by atoms with E-state index in [1.807, 2.05) is 6.07 Å². The molecule has 0 aliphatic rings. The van der Waals surface area contributed by atoms with Crippen LogP contribution in [-0.4, -0.2) is 12.9 Å². The van der Waals surface area contributed by atoms with E-state index in [9.17, 15) is 0 Å². The van der Waals surface area contributed by atoms with E-state index in [2.05, 4.69) is 39.2 Å². The van der Waals surface area contributed by atoms with Crippen LogP contribution < -0.4 is 4.74 Å². The molecule has 0 unspecified atom stereocenters. The van der Waals surface area contributed by atoms with E-state index in [0.29, 0.717) is 5.92 Å². The highest BCUT2D eigenvalue weighted by molar-refractivity contribution is 7.98. The minimum atomic E-state index is 0.579. The zero-order valence-corrected chi connectivity index (χ0v) is 10.1. The number of hydrogen-bond acceptors (Lipinski definition) is 2. The average Bonchev–Trinajstić information content (AvgIpc) is 2.15. The molecule has 0 atom stereocenters. The highest BCUT2D eigenvalue weighted by Gasteiger charge is 2.00. The summed E-state index contributed by atoms with van der Waals surface area (Å²) in [5, 5.41) is 0. The molecule has 1 nitrogen and oxygen atoms in total. The molecule has 1 rings (SSSR count). The van der Waals surface area contributed by atoms with Crippen molar-refractivity contribution in [2.75, 3.05) is 12.9 Å². The molecule has 0 bridgehead atoms. The number of hydrogen-bond donors (Lipinski definition) is 0. The Morgan fingerprint density at radius 1 is 1.36 bits per heavy atom. The maximum absolute atomic E-state index is 5.64. The third kappa shape index (κ3) is 3.26. The van der Waals surface area contributed by atoms with E-state index in [1.54, 1.807) is 11.8 Å². The third-order valence-electron chi connectivity index (χ3n) is 1.95. The van der Waals surface area contributed by atoms with Crippen LogP contribution in [0.1, 0.15) is 19.4 Å². The van der Waals surface area contributed by atoms with E-state index in [4.69, 9.17) is 4.74 Å². The minimum absolute atomic E-state index is 0.579. The molecule has 0 fully saturated rings. The summed E-state index contributed by atoms with van der Waals surface area (Å²) in [6, 6.07) is 6.27. The van der Waals surface area contributed by atoms with Crippen LogP contribution in [0.3, 0.4) is 0 Å². The summed E-state index contributed by atoms with van der Waals surface area (Å²) in [4.78, 5) is 1.32. The van der Waals surface area contributed by atoms with Gasteiger partial charge in [-0.1, -0.05) is 13.8 Å². The minimum Gasteiger partial charge on any atom is -0.493 e. The molecule has 78 valence electrons. The summed E-state index contributed by atoms with van der Waals surface area (Å²) in [5.41, 5.74) is 1.29. The second-order valence-electron chi connectivity index (χ2n) is 3.84. The van der Waals surface area contributed by atoms with Crippen LogP contribution in [0.2, 0.25) is 0 Å². The molecule has 0 amide bonds. The number of rotatable bonds is 4. The number of benzene rings is 1. The molecule has 14 heavy (non-hydrogen) atoms. The number of aryl methyl sites for hydroxylation is 1. The van der Waals surface area contributed by atoms with Gasteiger partial charge in [-0.05, 0) is 42.9 Å². The molecule has 1 aromatic rings. The van der Waals surface area contributed by atoms with Crippen LogP contribution in [0.15, 0.2) is 23.1 Å². The molecule has 0 aliphatic carbocycles. The van der Waals surface area contributed by atoms with Gasteiger partial charge >= 0.3 is 0 Å². The van der Waals surface area contributed by atoms with Crippen LogP contribution in [0, 0.1) is 12.8 Å². The average molecular weight is 210 g/mol. The van der Waals surface area contributed by atoms with Crippen molar-refractivity contribution >= 4 is 11.8 Å². The van der Waals surface area contributed by atoms with Gasteiger partial charge in [-0.15, -0.1) is 11.8 Å². The van der Waals surface area contributed by atoms with Gasteiger partial charge in [0.2, 0.25) is 0 Å². The third-order valence-corrected chi connectivity index (χ3v) is 2.85. The zero-order chi connectivity index (χ0) is 10.6. The number of thioether (sulfide) groups is 1. The summed E-state index contributed by atoms with van der Waals surface area (Å²) in [6.07, 6.45) is 2.09. The van der Waals surface area contributed by atoms with Crippen molar-refractivity contribution in [1.82, 2.24) is 0 Å². The van der Waals surface area contributed by atoms with Crippen molar-refractivity contribution in [2.24, 2.45) is 5.92 Å². The molecule has 0 spiro atoms. The number of ether oxygens (including phenoxy) is 1. The smallest absolute Gasteiger partial charge is 0.119 e. The van der Waals surface area contributed by atoms with Gasteiger partial charge in [0, 0.05) is 4.90 Å². The molecule has 0 saturated heterocycles. The molecule has 0 radical (unpaired) electrons. The largest absolute Gasteiger partial charge is 0.493 e. The Labute approximate surface area is 90.9 Å². The predicted molar refractivity (Wildman–Crippen MR) is 63.3 cm³/mol. The Kier molecular flexibility index (Phi) is 4.33. The first kappa shape index (κ1) is 11.4. The summed E-state index contributed by atoms with van der Waals surface area (Å²) in [6.45, 7) is 7.22. The summed E-state index contributed by atoms with van der Waals surface area (Å²) in [7, 11) is 0. The molecule has 0 aliphatic heterocycles. The lowest BCUT2D eigenvalue weighted by atomic mass is 10.2. The Bertz CT molecular complexity index is 294. The van der Waals surface area contributed by atoms with Crippen molar-refractivity contribution < 1.29 is 4.74 Å². The van der Waals surface area contributed by atoms with Gasteiger partial charge in [-0.25, -0.2) is 0 Å². The lowest BCUT2D eigenvalue weighted by Gasteiger charge is -2.10. The topological polar surface area (TPSA) is 9.23 Å². The lowest BCUT2D eigenvalue weighted by molar-refractivity contribution is 0.271. The lowest BCUT2D eigenvalue weighted by Crippen LogP contribution is -2.04. The van der Waals surface area contributed by atoms with Crippen molar-refractivity contribution in [1.29, 1.82) is 0 Å². The molecule has 0 heterocycles. The maximum Gasteiger partial charge on any atom is 0.119 e. The Morgan fingerprint density at radius 3 is 2.57 bits per heavy atom. The first-order valence-electron chi connectivity index (χ1n) is 4.91. The fraction of sp³-hybridized carbons (Fsp3) is 0.500. The van der Waals surface area contributed by atoms with Crippen LogP contribution in [-0.2, 0) is 0 Å². The van der Waals surface area contributed by atoms with Crippen LogP contribution in [0.25, 0.3) is 0 Å². The Balaban J connectivity index is 2.66. The Morgan fingerprint density at radius 2 is 2.07 bits per heavy atom. The fourth-order valence-corrected chi connectivity index (χ4v) is 1.79. The van der Waals surface area contributed by atoms with E-state index >= 15 is 0 Å². The van der Waals surface area contributed by atoms with Gasteiger partial charge in [0.1, 0.15) is 5.75 Å². The standard InChI is InChI=1S/C12H18OS/c1-9(2)8-13-11-5-6-12(14-4)10(3)7-11/h5-7,9H,8H2,1-4H3. The van der Waals surface area contributed by atoms with Gasteiger partial charge < -0.3 is 4.74 Å². The molecule has 1 aromatic carbocycles. The highest BCUT2D eigenvalue weighted by atomic mass is 32.2. The van der Waals surface area contributed by atoms with E-state index < -0.39 is 0 Å². The van der Waals surface area contributed by atoms with Gasteiger partial charge in [-0.3, -0.25) is 0 Å². The fourth-order valence-electron chi connectivity index (χ4n) is 1.20. The van der Waals surface area contributed by atoms with E-state index in [1.165, 1.54) is 10.5 Å². The van der Waals surface area contributed by atoms with Crippen molar-refractivity contribution in [3.63, 3.8) is 0 Å². The maximum atomic E-state index is 5.64. The van der Waals surface area contributed by atoms with Gasteiger partial charge in [-0.2, -0.15) is 0 Å². The summed E-state index contributed by atoms with van der Waals surface area (Å²) >= 11 is 1.77. The van der Waals surface area contributed by atoms with Gasteiger partial charge in [0.15, 0.2) is 0 Å². The van der Waals surface area contributed by atoms with Crippen LogP contribution in [0.5, 0.6) is 5.75 Å². The second-order valence-corrected chi connectivity index (χ2v) is 4.68. The highest BCUT2D eigenvalue weighted by Crippen LogP contribution is 2.24. The monoisotopic (exact) mass is 210 g/mol. The molecular formula is C12H18OS. The van der Waals surface area contributed by atoms with E-state index in [-0.39, 0.29) is 0 Å². The Hall–Kier alpha value is -0.630. The molecule has 0 aromatic heterocycles. The molecule has 0 saturated carbocycles. The molecular weight excluding hydrogens is 192 g/mol. The van der Waals surface area contributed by atoms with Crippen LogP contribution >= 0.6 is 11.8 Å². The van der Waals surface area contributed by atoms with Crippen molar-refractivity contribution in [3.8, 4) is 5.75 Å².